The van der Waals surface area contributed by atoms with Crippen LogP contribution in [0.4, 0.5) is 0 Å². The minimum atomic E-state index is 0.604. The highest BCUT2D eigenvalue weighted by Crippen LogP contribution is 2.19. The monoisotopic (exact) mass is 324 g/mol. The van der Waals surface area contributed by atoms with Gasteiger partial charge in [-0.3, -0.25) is 4.79 Å². The largest absolute Gasteiger partial charge is 0.493 e. The predicted octanol–water partition coefficient (Wildman–Crippen LogP) is 5.16. The van der Waals surface area contributed by atoms with Crippen molar-refractivity contribution < 1.29 is 14.3 Å². The van der Waals surface area contributed by atoms with Crippen molar-refractivity contribution in [3.63, 3.8) is 0 Å². The molecular weight excluding hydrogens is 300 g/mol. The van der Waals surface area contributed by atoms with Gasteiger partial charge >= 0.3 is 0 Å². The van der Waals surface area contributed by atoms with Crippen molar-refractivity contribution in [2.75, 3.05) is 13.2 Å². The van der Waals surface area contributed by atoms with Crippen LogP contribution in [-0.2, 0) is 0 Å². The molecule has 0 aliphatic carbocycles. The maximum Gasteiger partial charge on any atom is 0.153 e. The number of rotatable bonds is 11. The van der Waals surface area contributed by atoms with Crippen LogP contribution in [0.1, 0.15) is 41.6 Å². The van der Waals surface area contributed by atoms with E-state index in [9.17, 15) is 4.79 Å². The fourth-order valence-corrected chi connectivity index (χ4v) is 2.41. The van der Waals surface area contributed by atoms with Crippen LogP contribution in [0.25, 0.3) is 6.08 Å². The first kappa shape index (κ1) is 17.8. The van der Waals surface area contributed by atoms with Crippen LogP contribution >= 0.6 is 0 Å². The number of carbonyl (C=O) groups excluding carboxylic acids is 1. The summed E-state index contributed by atoms with van der Waals surface area (Å²) in [6, 6.07) is 15.2. The molecule has 126 valence electrons. The number of aldehydes is 1. The van der Waals surface area contributed by atoms with Crippen molar-refractivity contribution in [2.24, 2.45) is 0 Å². The van der Waals surface area contributed by atoms with Gasteiger partial charge in [0.1, 0.15) is 11.5 Å². The maximum absolute atomic E-state index is 10.9. The standard InChI is InChI=1S/C21H24O3/c1-2-18-11-5-7-13-20(18)23-15-9-3-4-10-16-24-21-14-8-6-12-19(21)17-22/h2,5-8,11-14,17H,1,3-4,9-10,15-16H2. The van der Waals surface area contributed by atoms with E-state index in [1.54, 1.807) is 6.07 Å². The summed E-state index contributed by atoms with van der Waals surface area (Å²) in [5, 5.41) is 0. The molecule has 0 N–H and O–H groups in total. The van der Waals surface area contributed by atoms with Crippen molar-refractivity contribution in [1.82, 2.24) is 0 Å². The molecule has 0 saturated heterocycles. The third-order valence-electron chi connectivity index (χ3n) is 3.74. The van der Waals surface area contributed by atoms with Gasteiger partial charge in [-0.05, 0) is 43.9 Å². The lowest BCUT2D eigenvalue weighted by molar-refractivity contribution is 0.111. The molecule has 3 heteroatoms. The van der Waals surface area contributed by atoms with Crippen LogP contribution in [0.5, 0.6) is 11.5 Å². The van der Waals surface area contributed by atoms with Crippen LogP contribution in [0.15, 0.2) is 55.1 Å². The molecule has 0 saturated carbocycles. The average molecular weight is 324 g/mol. The molecule has 0 amide bonds. The van der Waals surface area contributed by atoms with E-state index < -0.39 is 0 Å². The quantitative estimate of drug-likeness (QED) is 0.423. The van der Waals surface area contributed by atoms with Crippen LogP contribution < -0.4 is 9.47 Å². The zero-order valence-electron chi connectivity index (χ0n) is 13.9. The zero-order valence-corrected chi connectivity index (χ0v) is 13.9. The second-order valence-electron chi connectivity index (χ2n) is 5.51. The molecule has 0 fully saturated rings. The van der Waals surface area contributed by atoms with Gasteiger partial charge < -0.3 is 9.47 Å². The van der Waals surface area contributed by atoms with Crippen LogP contribution in [0.3, 0.4) is 0 Å². The van der Waals surface area contributed by atoms with Crippen molar-refractivity contribution in [3.8, 4) is 11.5 Å². The second kappa shape index (κ2) is 10.3. The van der Waals surface area contributed by atoms with E-state index in [1.807, 2.05) is 48.5 Å². The molecule has 0 radical (unpaired) electrons. The molecule has 2 aromatic carbocycles. The van der Waals surface area contributed by atoms with Gasteiger partial charge in [-0.2, -0.15) is 0 Å². The van der Waals surface area contributed by atoms with Crippen molar-refractivity contribution >= 4 is 12.4 Å². The average Bonchev–Trinajstić information content (AvgIpc) is 2.64. The van der Waals surface area contributed by atoms with E-state index in [1.165, 1.54) is 0 Å². The smallest absolute Gasteiger partial charge is 0.153 e. The van der Waals surface area contributed by atoms with E-state index in [-0.39, 0.29) is 0 Å². The molecule has 0 atom stereocenters. The second-order valence-corrected chi connectivity index (χ2v) is 5.51. The van der Waals surface area contributed by atoms with E-state index >= 15 is 0 Å². The highest BCUT2D eigenvalue weighted by atomic mass is 16.5. The van der Waals surface area contributed by atoms with Gasteiger partial charge in [0, 0.05) is 5.56 Å². The van der Waals surface area contributed by atoms with Crippen molar-refractivity contribution in [2.45, 2.75) is 25.7 Å². The normalized spacial score (nSPS) is 10.2. The molecule has 0 aromatic heterocycles. The lowest BCUT2D eigenvalue weighted by Crippen LogP contribution is -2.01. The summed E-state index contributed by atoms with van der Waals surface area (Å²) >= 11 is 0. The predicted molar refractivity (Wildman–Crippen MR) is 97.8 cm³/mol. The Kier molecular flexibility index (Phi) is 7.61. The number of carbonyl (C=O) groups is 1. The number of benzene rings is 2. The highest BCUT2D eigenvalue weighted by Gasteiger charge is 2.01. The highest BCUT2D eigenvalue weighted by molar-refractivity contribution is 5.79. The number of ether oxygens (including phenoxy) is 2. The van der Waals surface area contributed by atoms with Crippen LogP contribution in [-0.4, -0.2) is 19.5 Å². The van der Waals surface area contributed by atoms with Gasteiger partial charge in [-0.1, -0.05) is 43.0 Å². The van der Waals surface area contributed by atoms with Gasteiger partial charge in [0.15, 0.2) is 6.29 Å². The fourth-order valence-electron chi connectivity index (χ4n) is 2.41. The first-order valence-electron chi connectivity index (χ1n) is 8.36. The van der Waals surface area contributed by atoms with Crippen molar-refractivity contribution in [3.05, 3.63) is 66.2 Å². The minimum absolute atomic E-state index is 0.604. The van der Waals surface area contributed by atoms with E-state index in [2.05, 4.69) is 6.58 Å². The summed E-state index contributed by atoms with van der Waals surface area (Å²) < 4.78 is 11.5. The van der Waals surface area contributed by atoms with Gasteiger partial charge in [0.05, 0.1) is 18.8 Å². The molecule has 0 heterocycles. The summed E-state index contributed by atoms with van der Waals surface area (Å²) in [5.74, 6) is 1.55. The van der Waals surface area contributed by atoms with Crippen molar-refractivity contribution in [1.29, 1.82) is 0 Å². The Morgan fingerprint density at radius 3 is 1.79 bits per heavy atom. The fraction of sp³-hybridized carbons (Fsp3) is 0.286. The molecule has 3 nitrogen and oxygen atoms in total. The van der Waals surface area contributed by atoms with Gasteiger partial charge in [-0.25, -0.2) is 0 Å². The Labute approximate surface area is 143 Å². The third-order valence-corrected chi connectivity index (χ3v) is 3.74. The molecule has 0 aliphatic heterocycles. The summed E-state index contributed by atoms with van der Waals surface area (Å²) in [6.07, 6.45) is 6.79. The molecular formula is C21H24O3. The molecule has 0 unspecified atom stereocenters. The Morgan fingerprint density at radius 1 is 0.750 bits per heavy atom. The lowest BCUT2D eigenvalue weighted by atomic mass is 10.2. The first-order valence-corrected chi connectivity index (χ1v) is 8.36. The maximum atomic E-state index is 10.9. The van der Waals surface area contributed by atoms with Gasteiger partial charge in [0.2, 0.25) is 0 Å². The summed E-state index contributed by atoms with van der Waals surface area (Å²) in [4.78, 5) is 10.9. The Bertz CT molecular complexity index is 592. The molecule has 0 spiro atoms. The molecule has 2 aromatic rings. The zero-order chi connectivity index (χ0) is 17.0. The summed E-state index contributed by atoms with van der Waals surface area (Å²) in [5.41, 5.74) is 1.63. The Morgan fingerprint density at radius 2 is 1.25 bits per heavy atom. The number of unbranched alkanes of at least 4 members (excludes halogenated alkanes) is 3. The van der Waals surface area contributed by atoms with E-state index in [4.69, 9.17) is 9.47 Å². The lowest BCUT2D eigenvalue weighted by Gasteiger charge is -2.09. The molecule has 2 rings (SSSR count). The third kappa shape index (κ3) is 5.58. The Hall–Kier alpha value is -2.55. The van der Waals surface area contributed by atoms with Crippen LogP contribution in [0.2, 0.25) is 0 Å². The molecule has 0 bridgehead atoms. The van der Waals surface area contributed by atoms with E-state index in [0.29, 0.717) is 24.5 Å². The SMILES string of the molecule is C=Cc1ccccc1OCCCCCCOc1ccccc1C=O. The van der Waals surface area contributed by atoms with Crippen LogP contribution in [0, 0.1) is 0 Å². The van der Waals surface area contributed by atoms with E-state index in [0.717, 1.165) is 43.3 Å². The Balaban J connectivity index is 1.57. The summed E-state index contributed by atoms with van der Waals surface area (Å²) in [6.45, 7) is 5.13. The number of para-hydroxylation sites is 2. The van der Waals surface area contributed by atoms with Gasteiger partial charge in [0.25, 0.3) is 0 Å². The number of hydrogen-bond donors (Lipinski definition) is 0. The number of hydrogen-bond acceptors (Lipinski definition) is 3. The first-order chi connectivity index (χ1) is 11.8. The minimum Gasteiger partial charge on any atom is -0.493 e. The molecule has 24 heavy (non-hydrogen) atoms. The topological polar surface area (TPSA) is 35.5 Å². The summed E-state index contributed by atoms with van der Waals surface area (Å²) in [7, 11) is 0. The molecule has 0 aliphatic rings. The van der Waals surface area contributed by atoms with Gasteiger partial charge in [-0.15, -0.1) is 0 Å².